The van der Waals surface area contributed by atoms with E-state index in [1.165, 1.54) is 19.4 Å². The Morgan fingerprint density at radius 1 is 0.710 bits per heavy atom. The second kappa shape index (κ2) is 17.0. The first-order chi connectivity index (χ1) is 29.3. The minimum absolute atomic E-state index is 0.0647. The highest BCUT2D eigenvalue weighted by Gasteiger charge is 2.69. The van der Waals surface area contributed by atoms with Gasteiger partial charge < -0.3 is 83.9 Å². The van der Waals surface area contributed by atoms with E-state index in [-0.39, 0.29) is 28.8 Å². The van der Waals surface area contributed by atoms with Crippen molar-refractivity contribution in [1.29, 1.82) is 0 Å². The van der Waals surface area contributed by atoms with E-state index in [9.17, 15) is 46.0 Å². The molecule has 354 valence electrons. The molecule has 0 aromatic heterocycles. The molecule has 4 aliphatic carbocycles. The highest BCUT2D eigenvalue weighted by Crippen LogP contribution is 2.70. The molecule has 2 unspecified atom stereocenters. The highest BCUT2D eigenvalue weighted by molar-refractivity contribution is 5.26. The van der Waals surface area contributed by atoms with Crippen LogP contribution >= 0.6 is 0 Å². The minimum atomic E-state index is -1.74. The fourth-order valence-electron chi connectivity index (χ4n) is 14.0. The third-order valence-corrected chi connectivity index (χ3v) is 17.8. The first kappa shape index (κ1) is 46.2. The van der Waals surface area contributed by atoms with Crippen molar-refractivity contribution >= 4 is 0 Å². The third-order valence-electron chi connectivity index (χ3n) is 17.8. The van der Waals surface area contributed by atoms with E-state index in [0.29, 0.717) is 49.5 Å². The SMILES string of the molecule is CC1CO[C@]2(CC1O)O[C@H]1C[C@H]3[C@@H]4CC=C5C[C@@H](O[C@@H]6O[C@H](CO)[C@@H](O)[C@H](O[C@@H]7O[C@@H](C)[C@H](O)[C@@H](O)[C@H]7O)[C@H]6O[C@@H]6O[C@@H](C)[C@H](O)[C@@H](O)[C@H]6O)CC[C@]5(C)[C@H]4CC[C@]3(C)[C@H]1[C@@H]2C. The predicted octanol–water partition coefficient (Wildman–Crippen LogP) is 0.213. The smallest absolute Gasteiger partial charge is 0.187 e. The predicted molar refractivity (Wildman–Crippen MR) is 214 cm³/mol. The maximum absolute atomic E-state index is 11.6. The van der Waals surface area contributed by atoms with Gasteiger partial charge in [-0.3, -0.25) is 0 Å². The average Bonchev–Trinajstić information content (AvgIpc) is 3.69. The van der Waals surface area contributed by atoms with E-state index < -0.39 is 117 Å². The lowest BCUT2D eigenvalue weighted by molar-refractivity contribution is -0.393. The van der Waals surface area contributed by atoms with Gasteiger partial charge in [0, 0.05) is 18.3 Å². The van der Waals surface area contributed by atoms with E-state index >= 15 is 0 Å². The van der Waals surface area contributed by atoms with E-state index in [0.717, 1.165) is 32.1 Å². The van der Waals surface area contributed by atoms with E-state index in [1.807, 2.05) is 6.92 Å². The second-order valence-corrected chi connectivity index (χ2v) is 21.2. The maximum atomic E-state index is 11.6. The Hall–Kier alpha value is -0.940. The lowest BCUT2D eigenvalue weighted by atomic mass is 9.47. The van der Waals surface area contributed by atoms with Crippen LogP contribution in [0.2, 0.25) is 0 Å². The van der Waals surface area contributed by atoms with Crippen molar-refractivity contribution in [2.24, 2.45) is 46.3 Å². The molecule has 62 heavy (non-hydrogen) atoms. The van der Waals surface area contributed by atoms with Crippen molar-refractivity contribution in [1.82, 2.24) is 0 Å². The molecule has 0 radical (unpaired) electrons. The van der Waals surface area contributed by atoms with Crippen LogP contribution in [0, 0.1) is 46.3 Å². The van der Waals surface area contributed by atoms with E-state index in [2.05, 4.69) is 26.8 Å². The number of fused-ring (bicyclic) bond motifs is 7. The molecule has 5 aliphatic heterocycles. The molecule has 0 amide bonds. The second-order valence-electron chi connectivity index (χ2n) is 21.2. The lowest BCUT2D eigenvalue weighted by Gasteiger charge is -2.59. The quantitative estimate of drug-likeness (QED) is 0.155. The van der Waals surface area contributed by atoms with Crippen LogP contribution in [0.15, 0.2) is 11.6 Å². The summed E-state index contributed by atoms with van der Waals surface area (Å²) < 4.78 is 50.3. The molecule has 0 bridgehead atoms. The summed E-state index contributed by atoms with van der Waals surface area (Å²) in [7, 11) is 0. The fraction of sp³-hybridized carbons (Fsp3) is 0.956. The molecule has 9 N–H and O–H groups in total. The Labute approximate surface area is 363 Å². The van der Waals surface area contributed by atoms with Crippen molar-refractivity contribution in [3.63, 3.8) is 0 Å². The number of hydrogen-bond acceptors (Lipinski definition) is 17. The Morgan fingerprint density at radius 3 is 1.98 bits per heavy atom. The molecule has 3 saturated carbocycles. The molecule has 17 heteroatoms. The van der Waals surface area contributed by atoms with Gasteiger partial charge in [-0.25, -0.2) is 0 Å². The van der Waals surface area contributed by atoms with E-state index in [1.54, 1.807) is 0 Å². The van der Waals surface area contributed by atoms with Gasteiger partial charge in [0.25, 0.3) is 0 Å². The van der Waals surface area contributed by atoms with Gasteiger partial charge in [-0.2, -0.15) is 0 Å². The fourth-order valence-corrected chi connectivity index (χ4v) is 14.0. The molecule has 0 aromatic rings. The van der Waals surface area contributed by atoms with Crippen LogP contribution in [0.3, 0.4) is 0 Å². The molecule has 9 rings (SSSR count). The molecule has 17 nitrogen and oxygen atoms in total. The van der Waals surface area contributed by atoms with Crippen molar-refractivity contribution in [2.45, 2.75) is 209 Å². The first-order valence-electron chi connectivity index (χ1n) is 23.3. The zero-order valence-corrected chi connectivity index (χ0v) is 36.8. The molecule has 9 aliphatic rings. The van der Waals surface area contributed by atoms with Gasteiger partial charge in [0.1, 0.15) is 61.0 Å². The van der Waals surface area contributed by atoms with Gasteiger partial charge in [-0.1, -0.05) is 39.3 Å². The van der Waals surface area contributed by atoms with Crippen molar-refractivity contribution in [3.8, 4) is 0 Å². The van der Waals surface area contributed by atoms with Crippen LogP contribution in [-0.2, 0) is 37.9 Å². The summed E-state index contributed by atoms with van der Waals surface area (Å²) in [6, 6.07) is 0. The minimum Gasteiger partial charge on any atom is -0.394 e. The first-order valence-corrected chi connectivity index (χ1v) is 23.3. The van der Waals surface area contributed by atoms with Crippen LogP contribution in [0.4, 0.5) is 0 Å². The summed E-state index contributed by atoms with van der Waals surface area (Å²) in [6.07, 6.45) is -13.4. The topological polar surface area (TPSA) is 256 Å². The van der Waals surface area contributed by atoms with Gasteiger partial charge in [0.05, 0.1) is 43.7 Å². The Bertz CT molecular complexity index is 1640. The standard InChI is InChI=1S/C45H72O17/c1-18-17-55-45(15-27(18)47)19(2)30-28(62-45)14-26-24-8-7-22-13-23(9-11-43(22,5)25(24)10-12-44(26,30)6)58-42-39(61-41-37(54)35(52)32(49)21(4)57-41)38(33(50)29(16-46)59-42)60-40-36(53)34(51)31(48)20(3)56-40/h7,18-21,23-42,46-54H,8-17H2,1-6H3/t18?,19-,20-,21-,23-,24+,25-,26-,27?,28-,29+,30-,31-,32-,33+,34+,35+,36+,37+,38-,39+,40-,41-,42+,43-,44-,45+/m0/s1. The van der Waals surface area contributed by atoms with Crippen LogP contribution in [0.1, 0.15) is 92.9 Å². The van der Waals surface area contributed by atoms with Gasteiger partial charge in [-0.05, 0) is 93.3 Å². The maximum Gasteiger partial charge on any atom is 0.187 e. The molecular formula is C45H72O17. The van der Waals surface area contributed by atoms with Gasteiger partial charge in [0.15, 0.2) is 24.7 Å². The van der Waals surface area contributed by atoms with Crippen LogP contribution in [0.25, 0.3) is 0 Å². The summed E-state index contributed by atoms with van der Waals surface area (Å²) in [6.45, 7) is 12.0. The summed E-state index contributed by atoms with van der Waals surface area (Å²) in [5, 5.41) is 96.7. The van der Waals surface area contributed by atoms with Gasteiger partial charge in [0.2, 0.25) is 0 Å². The molecule has 5 heterocycles. The van der Waals surface area contributed by atoms with Crippen LogP contribution in [0.5, 0.6) is 0 Å². The Kier molecular flexibility index (Phi) is 12.7. The van der Waals surface area contributed by atoms with Crippen LogP contribution in [-0.4, -0.2) is 175 Å². The summed E-state index contributed by atoms with van der Waals surface area (Å²) in [5.74, 6) is 1.38. The van der Waals surface area contributed by atoms with E-state index in [4.69, 9.17) is 37.9 Å². The summed E-state index contributed by atoms with van der Waals surface area (Å²) in [4.78, 5) is 0. The molecule has 27 atom stereocenters. The van der Waals surface area contributed by atoms with Crippen molar-refractivity contribution < 1.29 is 83.9 Å². The number of aliphatic hydroxyl groups excluding tert-OH is 9. The summed E-state index contributed by atoms with van der Waals surface area (Å²) >= 11 is 0. The summed E-state index contributed by atoms with van der Waals surface area (Å²) in [5.41, 5.74) is 1.35. The normalized spacial score (nSPS) is 58.9. The lowest BCUT2D eigenvalue weighted by Crippen LogP contribution is -2.67. The number of aliphatic hydroxyl groups is 9. The number of hydrogen-bond donors (Lipinski definition) is 9. The molecule has 1 spiro atoms. The van der Waals surface area contributed by atoms with Crippen molar-refractivity contribution in [2.75, 3.05) is 13.2 Å². The number of ether oxygens (including phenoxy) is 8. The Morgan fingerprint density at radius 2 is 1.35 bits per heavy atom. The Balaban J connectivity index is 0.936. The number of allylic oxidation sites excluding steroid dienone is 1. The molecule has 0 aromatic carbocycles. The number of rotatable bonds is 7. The molecule has 8 fully saturated rings. The van der Waals surface area contributed by atoms with Crippen molar-refractivity contribution in [3.05, 3.63) is 11.6 Å². The zero-order valence-electron chi connectivity index (χ0n) is 36.8. The largest absolute Gasteiger partial charge is 0.394 e. The molecule has 5 saturated heterocycles. The van der Waals surface area contributed by atoms with Crippen LogP contribution < -0.4 is 0 Å². The third kappa shape index (κ3) is 7.40. The highest BCUT2D eigenvalue weighted by atomic mass is 16.8. The van der Waals surface area contributed by atoms with Gasteiger partial charge in [-0.15, -0.1) is 0 Å². The monoisotopic (exact) mass is 884 g/mol. The zero-order chi connectivity index (χ0) is 44.4. The average molecular weight is 885 g/mol. The molecular weight excluding hydrogens is 812 g/mol. The van der Waals surface area contributed by atoms with Gasteiger partial charge >= 0.3 is 0 Å².